The molecule has 2 N–H and O–H groups in total. The van der Waals surface area contributed by atoms with E-state index in [4.69, 9.17) is 4.74 Å². The first-order chi connectivity index (χ1) is 12.4. The highest BCUT2D eigenvalue weighted by Crippen LogP contribution is 2.23. The van der Waals surface area contributed by atoms with Gasteiger partial charge in [-0.25, -0.2) is 4.79 Å². The van der Waals surface area contributed by atoms with E-state index in [1.807, 2.05) is 0 Å². The Labute approximate surface area is 147 Å². The number of benzene rings is 2. The number of halogens is 2. The van der Waals surface area contributed by atoms with E-state index in [1.165, 1.54) is 55.8 Å². The zero-order valence-corrected chi connectivity index (χ0v) is 13.6. The highest BCUT2D eigenvalue weighted by molar-refractivity contribution is 6.25. The number of carbonyl (C=O) groups excluding carboxylic acids is 1. The normalized spacial score (nSPS) is 11.2. The van der Waals surface area contributed by atoms with Crippen molar-refractivity contribution in [3.05, 3.63) is 65.9 Å². The molecule has 0 heterocycles. The fraction of sp³-hybridized carbons (Fsp3) is 0.111. The largest absolute Gasteiger partial charge is 0.504 e. The predicted octanol–water partition coefficient (Wildman–Crippen LogP) is 3.61. The van der Waals surface area contributed by atoms with Crippen LogP contribution in [0.2, 0.25) is 0 Å². The topological polar surface area (TPSA) is 84.9 Å². The highest BCUT2D eigenvalue weighted by Gasteiger charge is 2.17. The van der Waals surface area contributed by atoms with E-state index in [1.54, 1.807) is 6.07 Å². The molecule has 0 unspecified atom stereocenters. The van der Waals surface area contributed by atoms with Crippen molar-refractivity contribution in [3.8, 4) is 5.75 Å². The van der Waals surface area contributed by atoms with Gasteiger partial charge in [0.1, 0.15) is 5.75 Å². The van der Waals surface area contributed by atoms with Gasteiger partial charge < -0.3 is 19.9 Å². The standard InChI is InChI=1S/C18H15F2NO5/c1-25-10-14(11-6-8-12(9-7-11)26-18(19)20)16(22)21-15-5-3-2-4-13(15)17(23)24/h2-10,18H,1H3,(H,21,22)(H,23,24). The average molecular weight is 363 g/mol. The van der Waals surface area contributed by atoms with Crippen LogP contribution in [0.3, 0.4) is 0 Å². The molecule has 26 heavy (non-hydrogen) atoms. The first kappa shape index (κ1) is 18.9. The minimum atomic E-state index is -2.95. The molecule has 8 heteroatoms. The molecule has 0 aliphatic heterocycles. The summed E-state index contributed by atoms with van der Waals surface area (Å²) in [4.78, 5) is 23.8. The molecule has 0 saturated heterocycles. The number of hydrogen-bond acceptors (Lipinski definition) is 4. The lowest BCUT2D eigenvalue weighted by Gasteiger charge is -2.12. The van der Waals surface area contributed by atoms with E-state index in [0.717, 1.165) is 0 Å². The molecule has 0 saturated carbocycles. The molecule has 2 aromatic carbocycles. The number of nitrogens with one attached hydrogen (secondary N) is 1. The Balaban J connectivity index is 2.26. The summed E-state index contributed by atoms with van der Waals surface area (Å²) in [5, 5.41) is 11.7. The average Bonchev–Trinajstić information content (AvgIpc) is 2.60. The lowest BCUT2D eigenvalue weighted by atomic mass is 10.1. The zero-order chi connectivity index (χ0) is 19.1. The third kappa shape index (κ3) is 4.79. The van der Waals surface area contributed by atoms with Crippen molar-refractivity contribution in [1.82, 2.24) is 0 Å². The molecule has 2 rings (SSSR count). The number of carboxylic acid groups (broad SMARTS) is 1. The molecule has 0 aliphatic rings. The van der Waals surface area contributed by atoms with Gasteiger partial charge in [0.05, 0.1) is 30.2 Å². The number of para-hydroxylation sites is 1. The van der Waals surface area contributed by atoms with Gasteiger partial charge in [-0.3, -0.25) is 4.79 Å². The summed E-state index contributed by atoms with van der Waals surface area (Å²) in [7, 11) is 1.34. The maximum atomic E-state index is 12.5. The van der Waals surface area contributed by atoms with Gasteiger partial charge in [-0.15, -0.1) is 0 Å². The van der Waals surface area contributed by atoms with Crippen molar-refractivity contribution < 1.29 is 33.0 Å². The first-order valence-corrected chi connectivity index (χ1v) is 7.34. The number of methoxy groups -OCH3 is 1. The molecule has 6 nitrogen and oxygen atoms in total. The van der Waals surface area contributed by atoms with Gasteiger partial charge in [0.15, 0.2) is 0 Å². The monoisotopic (exact) mass is 363 g/mol. The second kappa shape index (κ2) is 8.61. The number of aromatic carboxylic acids is 1. The van der Waals surface area contributed by atoms with Crippen LogP contribution in [0.1, 0.15) is 15.9 Å². The van der Waals surface area contributed by atoms with Crippen LogP contribution in [-0.4, -0.2) is 30.7 Å². The Bertz CT molecular complexity index is 819. The van der Waals surface area contributed by atoms with Crippen molar-refractivity contribution in [3.63, 3.8) is 0 Å². The number of amides is 1. The lowest BCUT2D eigenvalue weighted by Crippen LogP contribution is -2.16. The van der Waals surface area contributed by atoms with Crippen LogP contribution in [0.15, 0.2) is 54.8 Å². The first-order valence-electron chi connectivity index (χ1n) is 7.34. The molecule has 1 amide bonds. The minimum absolute atomic E-state index is 0.0582. The molecule has 0 bridgehead atoms. The van der Waals surface area contributed by atoms with Crippen LogP contribution in [0.4, 0.5) is 14.5 Å². The summed E-state index contributed by atoms with van der Waals surface area (Å²) >= 11 is 0. The maximum Gasteiger partial charge on any atom is 0.387 e. The summed E-state index contributed by atoms with van der Waals surface area (Å²) in [5.74, 6) is -1.87. The highest BCUT2D eigenvalue weighted by atomic mass is 19.3. The third-order valence-corrected chi connectivity index (χ3v) is 3.28. The van der Waals surface area contributed by atoms with E-state index >= 15 is 0 Å². The fourth-order valence-corrected chi connectivity index (χ4v) is 2.15. The number of rotatable bonds is 7. The molecule has 2 aromatic rings. The van der Waals surface area contributed by atoms with Crippen molar-refractivity contribution in [2.45, 2.75) is 6.61 Å². The Hall–Kier alpha value is -3.42. The minimum Gasteiger partial charge on any atom is -0.504 e. The van der Waals surface area contributed by atoms with Gasteiger partial charge in [0.2, 0.25) is 0 Å². The van der Waals surface area contributed by atoms with Crippen LogP contribution < -0.4 is 10.1 Å². The van der Waals surface area contributed by atoms with Crippen LogP contribution in [0.25, 0.3) is 5.57 Å². The Kier molecular flexibility index (Phi) is 6.26. The Morgan fingerprint density at radius 2 is 1.77 bits per heavy atom. The van der Waals surface area contributed by atoms with E-state index in [-0.39, 0.29) is 22.6 Å². The second-order valence-corrected chi connectivity index (χ2v) is 4.97. The number of alkyl halides is 2. The molecule has 0 spiro atoms. The van der Waals surface area contributed by atoms with E-state index in [9.17, 15) is 23.5 Å². The number of ether oxygens (including phenoxy) is 2. The second-order valence-electron chi connectivity index (χ2n) is 4.97. The molecule has 0 atom stereocenters. The smallest absolute Gasteiger partial charge is 0.387 e. The molecule has 136 valence electrons. The number of anilines is 1. The van der Waals surface area contributed by atoms with Crippen molar-refractivity contribution in [2.75, 3.05) is 12.4 Å². The summed E-state index contributed by atoms with van der Waals surface area (Å²) in [6, 6.07) is 11.3. The van der Waals surface area contributed by atoms with E-state index in [0.29, 0.717) is 5.56 Å². The van der Waals surface area contributed by atoms with E-state index < -0.39 is 18.5 Å². The summed E-state index contributed by atoms with van der Waals surface area (Å²) in [5.41, 5.74) is 0.498. The van der Waals surface area contributed by atoms with Gasteiger partial charge >= 0.3 is 12.6 Å². The number of carbonyl (C=O) groups is 2. The summed E-state index contributed by atoms with van der Waals surface area (Å²) in [6.45, 7) is -2.95. The Morgan fingerprint density at radius 3 is 2.35 bits per heavy atom. The number of carboxylic acids is 1. The maximum absolute atomic E-state index is 12.5. The molecule has 0 aromatic heterocycles. The predicted molar refractivity (Wildman–Crippen MR) is 90.1 cm³/mol. The number of hydrogen-bond donors (Lipinski definition) is 2. The van der Waals surface area contributed by atoms with Gasteiger partial charge in [0, 0.05) is 0 Å². The molecule has 0 fully saturated rings. The molecular formula is C18H15F2NO5. The fourth-order valence-electron chi connectivity index (χ4n) is 2.15. The Morgan fingerprint density at radius 1 is 1.12 bits per heavy atom. The van der Waals surface area contributed by atoms with Gasteiger partial charge in [-0.1, -0.05) is 24.3 Å². The van der Waals surface area contributed by atoms with Gasteiger partial charge in [-0.2, -0.15) is 8.78 Å². The van der Waals surface area contributed by atoms with Crippen molar-refractivity contribution in [2.24, 2.45) is 0 Å². The van der Waals surface area contributed by atoms with Crippen molar-refractivity contribution >= 4 is 23.1 Å². The quantitative estimate of drug-likeness (QED) is 0.580. The molecule has 0 radical (unpaired) electrons. The van der Waals surface area contributed by atoms with E-state index in [2.05, 4.69) is 10.1 Å². The molecule has 0 aliphatic carbocycles. The van der Waals surface area contributed by atoms with Crippen LogP contribution >= 0.6 is 0 Å². The van der Waals surface area contributed by atoms with Crippen molar-refractivity contribution in [1.29, 1.82) is 0 Å². The third-order valence-electron chi connectivity index (χ3n) is 3.28. The van der Waals surface area contributed by atoms with Gasteiger partial charge in [-0.05, 0) is 29.8 Å². The molecular weight excluding hydrogens is 348 g/mol. The van der Waals surface area contributed by atoms with Crippen LogP contribution in [0.5, 0.6) is 5.75 Å². The summed E-state index contributed by atoms with van der Waals surface area (Å²) < 4.78 is 33.6. The van der Waals surface area contributed by atoms with Crippen LogP contribution in [-0.2, 0) is 9.53 Å². The lowest BCUT2D eigenvalue weighted by molar-refractivity contribution is -0.111. The SMILES string of the molecule is COC=C(C(=O)Nc1ccccc1C(=O)O)c1ccc(OC(F)F)cc1. The van der Waals surface area contributed by atoms with Gasteiger partial charge in [0.25, 0.3) is 5.91 Å². The summed E-state index contributed by atoms with van der Waals surface area (Å²) in [6.07, 6.45) is 1.17. The van der Waals surface area contributed by atoms with Crippen LogP contribution in [0, 0.1) is 0 Å². The zero-order valence-electron chi connectivity index (χ0n) is 13.6.